The molecule has 2 aromatic rings. The fourth-order valence-electron chi connectivity index (χ4n) is 2.43. The summed E-state index contributed by atoms with van der Waals surface area (Å²) >= 11 is 0. The Balaban J connectivity index is 1.73. The molecular formula is C17H22FN5O2. The minimum Gasteiger partial charge on any atom is -0.369 e. The van der Waals surface area contributed by atoms with E-state index < -0.39 is 11.9 Å². The van der Waals surface area contributed by atoms with Crippen molar-refractivity contribution in [2.75, 3.05) is 11.9 Å². The second kappa shape index (κ2) is 7.69. The number of hydrogen-bond acceptors (Lipinski definition) is 5. The highest BCUT2D eigenvalue weighted by atomic mass is 19.1. The number of amides is 1. The van der Waals surface area contributed by atoms with Crippen molar-refractivity contribution in [1.29, 1.82) is 0 Å². The van der Waals surface area contributed by atoms with Gasteiger partial charge in [0.2, 0.25) is 0 Å². The molecule has 1 unspecified atom stereocenters. The Hall–Kier alpha value is -2.35. The molecule has 134 valence electrons. The maximum atomic E-state index is 14.1. The highest BCUT2D eigenvalue weighted by Crippen LogP contribution is 2.39. The molecule has 3 rings (SSSR count). The van der Waals surface area contributed by atoms with Crippen LogP contribution < -0.4 is 5.32 Å². The van der Waals surface area contributed by atoms with Crippen molar-refractivity contribution < 1.29 is 13.9 Å². The highest BCUT2D eigenvalue weighted by molar-refractivity contribution is 5.94. The summed E-state index contributed by atoms with van der Waals surface area (Å²) in [5.74, 6) is 0.218. The Morgan fingerprint density at radius 3 is 3.00 bits per heavy atom. The van der Waals surface area contributed by atoms with Crippen LogP contribution in [-0.4, -0.2) is 38.8 Å². The maximum absolute atomic E-state index is 14.1. The number of nitrogens with one attached hydrogen (secondary N) is 1. The SMILES string of the molecule is CCCCOC(C)C(=O)Nc1cc(-n2nnnc2C2CC2)ccc1F. The molecule has 0 radical (unpaired) electrons. The fourth-order valence-corrected chi connectivity index (χ4v) is 2.43. The van der Waals surface area contributed by atoms with Crippen LogP contribution in [0.15, 0.2) is 18.2 Å². The number of carbonyl (C=O) groups is 1. The van der Waals surface area contributed by atoms with Gasteiger partial charge in [-0.2, -0.15) is 4.68 Å². The van der Waals surface area contributed by atoms with Crippen LogP contribution >= 0.6 is 0 Å². The summed E-state index contributed by atoms with van der Waals surface area (Å²) in [4.78, 5) is 12.2. The van der Waals surface area contributed by atoms with Crippen molar-refractivity contribution in [1.82, 2.24) is 20.2 Å². The third-order valence-corrected chi connectivity index (χ3v) is 4.12. The predicted octanol–water partition coefficient (Wildman–Crippen LogP) is 2.82. The average molecular weight is 347 g/mol. The second-order valence-electron chi connectivity index (χ2n) is 6.24. The molecule has 0 aliphatic heterocycles. The zero-order valence-electron chi connectivity index (χ0n) is 14.4. The lowest BCUT2D eigenvalue weighted by Gasteiger charge is -2.14. The molecule has 0 saturated heterocycles. The number of tetrazole rings is 1. The van der Waals surface area contributed by atoms with E-state index in [4.69, 9.17) is 4.74 Å². The van der Waals surface area contributed by atoms with Crippen molar-refractivity contribution in [2.45, 2.75) is 51.6 Å². The van der Waals surface area contributed by atoms with Crippen molar-refractivity contribution in [3.05, 3.63) is 29.8 Å². The summed E-state index contributed by atoms with van der Waals surface area (Å²) in [5.41, 5.74) is 0.703. The molecule has 1 aliphatic carbocycles. The summed E-state index contributed by atoms with van der Waals surface area (Å²) in [6, 6.07) is 4.43. The molecule has 1 aromatic carbocycles. The molecule has 8 heteroatoms. The predicted molar refractivity (Wildman–Crippen MR) is 90.0 cm³/mol. The number of halogens is 1. The molecule has 1 N–H and O–H groups in total. The van der Waals surface area contributed by atoms with Crippen LogP contribution in [0.1, 0.15) is 51.3 Å². The van der Waals surface area contributed by atoms with Crippen LogP contribution in [0.5, 0.6) is 0 Å². The van der Waals surface area contributed by atoms with E-state index in [1.165, 1.54) is 12.1 Å². The Bertz CT molecular complexity index is 744. The zero-order chi connectivity index (χ0) is 17.8. The average Bonchev–Trinajstić information content (AvgIpc) is 3.33. The van der Waals surface area contributed by atoms with Gasteiger partial charge in [0.1, 0.15) is 11.9 Å². The van der Waals surface area contributed by atoms with Crippen LogP contribution in [0.2, 0.25) is 0 Å². The molecule has 7 nitrogen and oxygen atoms in total. The van der Waals surface area contributed by atoms with Crippen LogP contribution in [0.3, 0.4) is 0 Å². The summed E-state index contributed by atoms with van der Waals surface area (Å²) in [7, 11) is 0. The van der Waals surface area contributed by atoms with Gasteiger partial charge in [-0.1, -0.05) is 13.3 Å². The molecule has 0 spiro atoms. The molecule has 1 aromatic heterocycles. The van der Waals surface area contributed by atoms with Gasteiger partial charge in [0.15, 0.2) is 5.82 Å². The molecule has 0 bridgehead atoms. The quantitative estimate of drug-likeness (QED) is 0.743. The zero-order valence-corrected chi connectivity index (χ0v) is 14.4. The van der Waals surface area contributed by atoms with Gasteiger partial charge in [0.25, 0.3) is 5.91 Å². The van der Waals surface area contributed by atoms with E-state index in [-0.39, 0.29) is 11.6 Å². The number of anilines is 1. The lowest BCUT2D eigenvalue weighted by molar-refractivity contribution is -0.126. The van der Waals surface area contributed by atoms with Crippen molar-refractivity contribution in [2.24, 2.45) is 0 Å². The number of ether oxygens (including phenoxy) is 1. The molecule has 1 atom stereocenters. The summed E-state index contributed by atoms with van der Waals surface area (Å²) in [6.45, 7) is 4.20. The van der Waals surface area contributed by atoms with E-state index in [0.29, 0.717) is 18.2 Å². The van der Waals surface area contributed by atoms with Gasteiger partial charge in [-0.25, -0.2) is 4.39 Å². The number of hydrogen-bond donors (Lipinski definition) is 1. The molecule has 1 heterocycles. The molecule has 1 saturated carbocycles. The molecule has 25 heavy (non-hydrogen) atoms. The Morgan fingerprint density at radius 1 is 1.48 bits per heavy atom. The van der Waals surface area contributed by atoms with Gasteiger partial charge < -0.3 is 10.1 Å². The Morgan fingerprint density at radius 2 is 2.28 bits per heavy atom. The van der Waals surface area contributed by atoms with E-state index in [9.17, 15) is 9.18 Å². The number of unbranched alkanes of at least 4 members (excludes halogenated alkanes) is 1. The second-order valence-corrected chi connectivity index (χ2v) is 6.24. The summed E-state index contributed by atoms with van der Waals surface area (Å²) in [6.07, 6.45) is 3.32. The van der Waals surface area contributed by atoms with Gasteiger partial charge in [-0.15, -0.1) is 5.10 Å². The number of carbonyl (C=O) groups excluding carboxylic acids is 1. The van der Waals surface area contributed by atoms with Crippen molar-refractivity contribution in [3.63, 3.8) is 0 Å². The summed E-state index contributed by atoms with van der Waals surface area (Å²) < 4.78 is 21.1. The first-order chi connectivity index (χ1) is 12.1. The lowest BCUT2D eigenvalue weighted by Crippen LogP contribution is -2.28. The van der Waals surface area contributed by atoms with Gasteiger partial charge in [-0.3, -0.25) is 4.79 Å². The van der Waals surface area contributed by atoms with Crippen molar-refractivity contribution in [3.8, 4) is 5.69 Å². The van der Waals surface area contributed by atoms with E-state index in [0.717, 1.165) is 31.5 Å². The molecule has 1 amide bonds. The van der Waals surface area contributed by atoms with Crippen LogP contribution in [0, 0.1) is 5.82 Å². The Kier molecular flexibility index (Phi) is 5.37. The third-order valence-electron chi connectivity index (χ3n) is 4.12. The largest absolute Gasteiger partial charge is 0.369 e. The minimum atomic E-state index is -0.648. The standard InChI is InChI=1S/C17H22FN5O2/c1-3-4-9-25-11(2)17(24)19-15-10-13(7-8-14(15)18)23-16(12-5-6-12)20-21-22-23/h7-8,10-12H,3-6,9H2,1-2H3,(H,19,24). The molecule has 1 aliphatic rings. The maximum Gasteiger partial charge on any atom is 0.253 e. The van der Waals surface area contributed by atoms with Crippen LogP contribution in [0.25, 0.3) is 5.69 Å². The summed E-state index contributed by atoms with van der Waals surface area (Å²) in [5, 5.41) is 14.3. The minimum absolute atomic E-state index is 0.0886. The molecular weight excluding hydrogens is 325 g/mol. The van der Waals surface area contributed by atoms with E-state index in [1.54, 1.807) is 17.7 Å². The van der Waals surface area contributed by atoms with Crippen molar-refractivity contribution >= 4 is 11.6 Å². The number of rotatable bonds is 8. The first-order valence-electron chi connectivity index (χ1n) is 8.60. The van der Waals surface area contributed by atoms with Gasteiger partial charge in [0, 0.05) is 12.5 Å². The molecule has 1 fully saturated rings. The Labute approximate surface area is 145 Å². The highest BCUT2D eigenvalue weighted by Gasteiger charge is 2.30. The number of nitrogens with zero attached hydrogens (tertiary/aromatic N) is 4. The van der Waals surface area contributed by atoms with Gasteiger partial charge in [0.05, 0.1) is 11.4 Å². The van der Waals surface area contributed by atoms with E-state index >= 15 is 0 Å². The number of aromatic nitrogens is 4. The normalized spacial score (nSPS) is 15.2. The van der Waals surface area contributed by atoms with Crippen LogP contribution in [-0.2, 0) is 9.53 Å². The first-order valence-corrected chi connectivity index (χ1v) is 8.60. The van der Waals surface area contributed by atoms with Crippen LogP contribution in [0.4, 0.5) is 10.1 Å². The first kappa shape index (κ1) is 17.5. The fraction of sp³-hybridized carbons (Fsp3) is 0.529. The van der Waals surface area contributed by atoms with Gasteiger partial charge in [-0.05, 0) is 54.8 Å². The smallest absolute Gasteiger partial charge is 0.253 e. The topological polar surface area (TPSA) is 81.9 Å². The van der Waals surface area contributed by atoms with E-state index in [2.05, 4.69) is 20.8 Å². The third kappa shape index (κ3) is 4.19. The lowest BCUT2D eigenvalue weighted by atomic mass is 10.2. The number of benzene rings is 1. The monoisotopic (exact) mass is 347 g/mol. The van der Waals surface area contributed by atoms with Gasteiger partial charge >= 0.3 is 0 Å². The van der Waals surface area contributed by atoms with E-state index in [1.807, 2.05) is 6.92 Å².